The normalized spacial score (nSPS) is 57.2. The molecule has 4 aliphatic heterocycles. The SMILES string of the molecule is C[C@H]1C[C@@]23CC[C@H]4[C@@]5(C)CCC[C@@]4(C)C(=O)OC(=O)[C@]4(C)CCC[C@@]6(C)[C@@H]7CC[C@@]8(C[C@@]7(CC[C@@H]64)C[C@@H]8C)OC(=O)CC(=O)O[C@]46CC[C@@H]7[C@](CC[C@H]8[C@@]7(C)CCC[C@@]8(C)C(=O)OC(=O)[C@]7(C)CCC[C@@]8(C)[C@@H]9CC[C@@]%10(C[C@@]9(CC[C@@H]87)C[C@@H]%10C)OC(=O)CC(=O)O[C@@]1(CC[C@H]25)C3)(C[C@@H]4C)C6. The summed E-state index contributed by atoms with van der Waals surface area (Å²) in [6, 6.07) is 0. The van der Waals surface area contributed by atoms with Gasteiger partial charge in [0.15, 0.2) is 0 Å². The first-order valence-corrected chi connectivity index (χ1v) is 41.4. The van der Waals surface area contributed by atoms with E-state index in [9.17, 15) is 19.2 Å². The van der Waals surface area contributed by atoms with Crippen molar-refractivity contribution in [2.45, 2.75) is 349 Å². The molecule has 16 saturated carbocycles. The highest BCUT2D eigenvalue weighted by Gasteiger charge is 2.76. The predicted octanol–water partition coefficient (Wildman–Crippen LogP) is 17.8. The number of carbonyl (C=O) groups excluding carboxylic acids is 8. The molecule has 552 valence electrons. The molecule has 0 N–H and O–H groups in total. The second-order valence-corrected chi connectivity index (χ2v) is 42.3. The smallest absolute Gasteiger partial charge is 0.319 e. The van der Waals surface area contributed by atoms with Gasteiger partial charge in [-0.05, 0) is 347 Å². The van der Waals surface area contributed by atoms with Crippen molar-refractivity contribution in [1.29, 1.82) is 0 Å². The van der Waals surface area contributed by atoms with Gasteiger partial charge in [-0.1, -0.05) is 81.1 Å². The standard InChI is InChI=1S/C86H124O14/c1-51-43-79-33-17-55-71(5)25-13-29-75(55,9)67(91)95-68(92)76(10)30-14-27-73(7)56(76)19-35-81-45-53(3)85(49-81,39-23-61(73)81)99-65(89)42-66(90)100-86-40-24-62-74(8)28-16-32-78(12,58(74)20-36-82(62,50-86)46-54(86)4)70(94)96-69(93)77(11)31-15-26-72(6)57(77)18-34-80-44-52(2)84(48-80,38-22-60(72)80)98-64(88)41-63(87)97-83(51,47-79)37-21-59(71)79/h51-62H,13-50H2,1-12H3/t51-,52-,53-,54-,55-,56-,57-,58-,59-,60-,61-,62-,71+,72+,73+,74+,75+,76+,77+,78+,79+,80+,81+,82+,83-,84-,85-,86-/m0/s1. The third kappa shape index (κ3) is 9.07. The van der Waals surface area contributed by atoms with Gasteiger partial charge >= 0.3 is 47.8 Å². The average molecular weight is 1380 g/mol. The molecule has 14 heteroatoms. The first-order chi connectivity index (χ1) is 47.0. The number of carbonyl (C=O) groups is 8. The van der Waals surface area contributed by atoms with Gasteiger partial charge in [-0.15, -0.1) is 0 Å². The summed E-state index contributed by atoms with van der Waals surface area (Å²) in [5.41, 5.74) is -7.03. The summed E-state index contributed by atoms with van der Waals surface area (Å²) in [4.78, 5) is 119. The lowest BCUT2D eigenvalue weighted by Gasteiger charge is -2.64. The van der Waals surface area contributed by atoms with Crippen LogP contribution in [-0.4, -0.2) is 70.2 Å². The van der Waals surface area contributed by atoms with Crippen molar-refractivity contribution in [2.75, 3.05) is 0 Å². The van der Waals surface area contributed by atoms with Crippen LogP contribution in [0.15, 0.2) is 0 Å². The first-order valence-electron chi connectivity index (χ1n) is 41.4. The minimum Gasteiger partial charge on any atom is -0.458 e. The summed E-state index contributed by atoms with van der Waals surface area (Å²) in [5.74, 6) is -1.56. The largest absolute Gasteiger partial charge is 0.458 e. The van der Waals surface area contributed by atoms with Crippen molar-refractivity contribution in [3.63, 3.8) is 0 Å². The molecule has 0 aromatic carbocycles. The van der Waals surface area contributed by atoms with E-state index >= 15 is 19.2 Å². The molecule has 0 amide bonds. The maximum absolute atomic E-state index is 15.3. The monoisotopic (exact) mass is 1380 g/mol. The molecule has 0 aromatic heterocycles. The van der Waals surface area contributed by atoms with Crippen LogP contribution in [0.1, 0.15) is 327 Å². The highest BCUT2D eigenvalue weighted by Crippen LogP contribution is 2.79. The maximum Gasteiger partial charge on any atom is 0.319 e. The molecular formula is C86H124O14. The Morgan fingerprint density at radius 1 is 0.260 bits per heavy atom. The minimum atomic E-state index is -0.831. The number of esters is 8. The van der Waals surface area contributed by atoms with Gasteiger partial charge < -0.3 is 28.4 Å². The van der Waals surface area contributed by atoms with E-state index in [1.807, 2.05) is 0 Å². The van der Waals surface area contributed by atoms with Crippen LogP contribution in [0.25, 0.3) is 0 Å². The van der Waals surface area contributed by atoms with Gasteiger partial charge in [0, 0.05) is 0 Å². The Hall–Kier alpha value is -3.84. The molecule has 14 nitrogen and oxygen atoms in total. The molecule has 100 heavy (non-hydrogen) atoms. The molecule has 0 unspecified atom stereocenters. The molecule has 4 heterocycles. The molecular weight excluding hydrogens is 1260 g/mol. The quantitative estimate of drug-likeness (QED) is 0.126. The molecule has 0 aromatic rings. The summed E-state index contributed by atoms with van der Waals surface area (Å²) in [6.07, 6.45) is 29.5. The van der Waals surface area contributed by atoms with Crippen molar-refractivity contribution < 1.29 is 66.8 Å². The zero-order chi connectivity index (χ0) is 70.7. The van der Waals surface area contributed by atoms with Gasteiger partial charge in [-0.2, -0.15) is 0 Å². The second kappa shape index (κ2) is 21.9. The Bertz CT molecular complexity index is 3080. The van der Waals surface area contributed by atoms with Crippen molar-refractivity contribution in [1.82, 2.24) is 0 Å². The van der Waals surface area contributed by atoms with Crippen LogP contribution < -0.4 is 0 Å². The average Bonchev–Trinajstić information content (AvgIpc) is 1.42. The fourth-order valence-electron chi connectivity index (χ4n) is 34.6. The lowest BCUT2D eigenvalue weighted by Crippen LogP contribution is -2.61. The third-order valence-electron chi connectivity index (χ3n) is 38.3. The van der Waals surface area contributed by atoms with E-state index in [-0.39, 0.29) is 115 Å². The zero-order valence-electron chi connectivity index (χ0n) is 63.5. The van der Waals surface area contributed by atoms with Crippen molar-refractivity contribution in [2.24, 2.45) is 136 Å². The van der Waals surface area contributed by atoms with Crippen molar-refractivity contribution in [3.05, 3.63) is 0 Å². The van der Waals surface area contributed by atoms with E-state index < -0.39 is 80.8 Å². The van der Waals surface area contributed by atoms with Gasteiger partial charge in [0.1, 0.15) is 35.2 Å². The van der Waals surface area contributed by atoms with E-state index in [1.165, 1.54) is 0 Å². The molecule has 4 saturated heterocycles. The lowest BCUT2D eigenvalue weighted by molar-refractivity contribution is -0.211. The number of hydrogen-bond acceptors (Lipinski definition) is 14. The Morgan fingerprint density at radius 2 is 0.460 bits per heavy atom. The Labute approximate surface area is 597 Å². The molecule has 20 fully saturated rings. The fourth-order valence-corrected chi connectivity index (χ4v) is 34.6. The summed E-state index contributed by atoms with van der Waals surface area (Å²) >= 11 is 0. The van der Waals surface area contributed by atoms with Crippen LogP contribution in [0.2, 0.25) is 0 Å². The maximum atomic E-state index is 15.3. The van der Waals surface area contributed by atoms with Crippen LogP contribution in [0.3, 0.4) is 0 Å². The third-order valence-corrected chi connectivity index (χ3v) is 38.3. The van der Waals surface area contributed by atoms with E-state index in [0.29, 0.717) is 75.0 Å². The van der Waals surface area contributed by atoms with Crippen LogP contribution in [0, 0.1) is 136 Å². The molecule has 20 rings (SSSR count). The van der Waals surface area contributed by atoms with Gasteiger partial charge in [-0.25, -0.2) is 0 Å². The molecule has 28 atom stereocenters. The summed E-state index contributed by atoms with van der Waals surface area (Å²) < 4.78 is 40.0. The van der Waals surface area contributed by atoms with Gasteiger partial charge in [-0.3, -0.25) is 38.4 Å². The highest BCUT2D eigenvalue weighted by atomic mass is 16.6. The Kier molecular flexibility index (Phi) is 15.2. The molecule has 24 bridgehead atoms. The topological polar surface area (TPSA) is 192 Å². The van der Waals surface area contributed by atoms with Crippen LogP contribution in [0.4, 0.5) is 0 Å². The number of ether oxygens (including phenoxy) is 6. The van der Waals surface area contributed by atoms with Crippen LogP contribution in [0.5, 0.6) is 0 Å². The number of hydrogen-bond donors (Lipinski definition) is 0. The summed E-state index contributed by atoms with van der Waals surface area (Å²) in [5, 5.41) is 0. The molecule has 20 aliphatic rings. The van der Waals surface area contributed by atoms with E-state index in [4.69, 9.17) is 28.4 Å². The van der Waals surface area contributed by atoms with Gasteiger partial charge in [0.2, 0.25) is 0 Å². The number of rotatable bonds is 0. The molecule has 0 radical (unpaired) electrons. The van der Waals surface area contributed by atoms with E-state index in [1.54, 1.807) is 0 Å². The molecule has 16 aliphatic carbocycles. The molecule has 8 spiro atoms. The van der Waals surface area contributed by atoms with Gasteiger partial charge in [0.05, 0.1) is 21.7 Å². The minimum absolute atomic E-state index is 0.0354. The van der Waals surface area contributed by atoms with Crippen LogP contribution in [-0.2, 0) is 66.8 Å². The summed E-state index contributed by atoms with van der Waals surface area (Å²) in [6.45, 7) is 27.1. The highest BCUT2D eigenvalue weighted by molar-refractivity contribution is 5.94. The lowest BCUT2D eigenvalue weighted by atomic mass is 9.40. The fraction of sp³-hybridized carbons (Fsp3) is 0.907. The second-order valence-electron chi connectivity index (χ2n) is 42.3. The van der Waals surface area contributed by atoms with E-state index in [2.05, 4.69) is 83.1 Å². The van der Waals surface area contributed by atoms with Crippen LogP contribution >= 0.6 is 0 Å². The first kappa shape index (κ1) is 69.2. The Balaban J connectivity index is 0.646. The predicted molar refractivity (Wildman–Crippen MR) is 372 cm³/mol. The van der Waals surface area contributed by atoms with Gasteiger partial charge in [0.25, 0.3) is 0 Å². The zero-order valence-corrected chi connectivity index (χ0v) is 63.5. The van der Waals surface area contributed by atoms with Crippen molar-refractivity contribution in [3.8, 4) is 0 Å². The Morgan fingerprint density at radius 3 is 0.670 bits per heavy atom. The van der Waals surface area contributed by atoms with E-state index in [0.717, 1.165) is 180 Å². The summed E-state index contributed by atoms with van der Waals surface area (Å²) in [7, 11) is 0. The van der Waals surface area contributed by atoms with Crippen molar-refractivity contribution >= 4 is 47.8 Å².